The molecule has 3 aromatic rings. The van der Waals surface area contributed by atoms with E-state index < -0.39 is 5.25 Å². The molecule has 0 fully saturated rings. The molecule has 1 aromatic carbocycles. The highest BCUT2D eigenvalue weighted by Gasteiger charge is 2.20. The van der Waals surface area contributed by atoms with Gasteiger partial charge in [-0.3, -0.25) is 14.6 Å². The minimum absolute atomic E-state index is 0.114. The summed E-state index contributed by atoms with van der Waals surface area (Å²) in [6.07, 6.45) is 3.45. The first-order valence-corrected chi connectivity index (χ1v) is 11.2. The highest BCUT2D eigenvalue weighted by Crippen LogP contribution is 2.25. The molecule has 156 valence electrons. The van der Waals surface area contributed by atoms with Gasteiger partial charge >= 0.3 is 0 Å². The first kappa shape index (κ1) is 21.9. The second-order valence-corrected chi connectivity index (χ2v) is 8.77. The van der Waals surface area contributed by atoms with Crippen molar-refractivity contribution in [2.24, 2.45) is 0 Å². The molecule has 2 unspecified atom stereocenters. The van der Waals surface area contributed by atoms with Crippen molar-refractivity contribution in [1.29, 1.82) is 0 Å². The van der Waals surface area contributed by atoms with Crippen LogP contribution in [0.15, 0.2) is 54.2 Å². The zero-order valence-electron chi connectivity index (χ0n) is 16.5. The number of hydrogen-bond donors (Lipinski definition) is 2. The highest BCUT2D eigenvalue weighted by atomic mass is 32.2. The summed E-state index contributed by atoms with van der Waals surface area (Å²) >= 11 is 2.71. The quantitative estimate of drug-likeness (QED) is 0.542. The molecular formula is C21H21FN4O2S2. The molecule has 0 aliphatic carbocycles. The van der Waals surface area contributed by atoms with E-state index in [0.29, 0.717) is 5.69 Å². The maximum absolute atomic E-state index is 12.9. The molecule has 0 bridgehead atoms. The van der Waals surface area contributed by atoms with Crippen LogP contribution in [0.5, 0.6) is 0 Å². The number of benzene rings is 1. The van der Waals surface area contributed by atoms with Crippen molar-refractivity contribution >= 4 is 40.6 Å². The average Bonchev–Trinajstić information content (AvgIpc) is 3.25. The fraction of sp³-hybridized carbons (Fsp3) is 0.238. The van der Waals surface area contributed by atoms with E-state index in [1.807, 2.05) is 24.4 Å². The number of pyridine rings is 1. The largest absolute Gasteiger partial charge is 0.346 e. The number of thioether (sulfide) groups is 1. The number of nitrogens with one attached hydrogen (secondary N) is 2. The van der Waals surface area contributed by atoms with Gasteiger partial charge in [0.2, 0.25) is 11.8 Å². The fourth-order valence-corrected chi connectivity index (χ4v) is 4.06. The number of aromatic nitrogens is 2. The summed E-state index contributed by atoms with van der Waals surface area (Å²) in [5.74, 6) is -0.668. The van der Waals surface area contributed by atoms with E-state index in [9.17, 15) is 14.0 Å². The van der Waals surface area contributed by atoms with E-state index in [2.05, 4.69) is 20.6 Å². The molecule has 2 heterocycles. The number of thiazole rings is 1. The van der Waals surface area contributed by atoms with Crippen LogP contribution in [0.1, 0.15) is 24.9 Å². The molecule has 0 saturated carbocycles. The summed E-state index contributed by atoms with van der Waals surface area (Å²) in [5, 5.41) is 7.94. The van der Waals surface area contributed by atoms with Gasteiger partial charge in [0.1, 0.15) is 10.8 Å². The van der Waals surface area contributed by atoms with E-state index in [0.717, 1.165) is 16.3 Å². The lowest BCUT2D eigenvalue weighted by atomic mass is 10.2. The van der Waals surface area contributed by atoms with E-state index in [-0.39, 0.29) is 29.4 Å². The molecule has 2 aromatic heterocycles. The third-order valence-corrected chi connectivity index (χ3v) is 6.34. The maximum atomic E-state index is 12.9. The Morgan fingerprint density at radius 2 is 1.97 bits per heavy atom. The van der Waals surface area contributed by atoms with Gasteiger partial charge in [-0.15, -0.1) is 23.1 Å². The van der Waals surface area contributed by atoms with Gasteiger partial charge in [-0.05, 0) is 50.2 Å². The second-order valence-electron chi connectivity index (χ2n) is 6.55. The van der Waals surface area contributed by atoms with Crippen LogP contribution in [-0.4, -0.2) is 32.8 Å². The fourth-order valence-electron chi connectivity index (χ4n) is 2.53. The van der Waals surface area contributed by atoms with Gasteiger partial charge in [0.05, 0.1) is 22.7 Å². The molecular weight excluding hydrogens is 423 g/mol. The average molecular weight is 445 g/mol. The van der Waals surface area contributed by atoms with Crippen LogP contribution in [0.4, 0.5) is 10.1 Å². The molecule has 3 rings (SSSR count). The molecule has 30 heavy (non-hydrogen) atoms. The van der Waals surface area contributed by atoms with Crippen molar-refractivity contribution in [2.75, 3.05) is 11.1 Å². The standard InChI is InChI=1S/C21H21FN4O2S2/c1-13(21-26-18(11-30-21)15-4-3-9-23-10-15)24-20(28)14(2)29-12-19(27)25-17-7-5-16(22)6-8-17/h3-11,13-14H,12H2,1-2H3,(H,24,28)(H,25,27). The zero-order chi connectivity index (χ0) is 21.5. The van der Waals surface area contributed by atoms with Crippen molar-refractivity contribution in [3.63, 3.8) is 0 Å². The monoisotopic (exact) mass is 444 g/mol. The van der Waals surface area contributed by atoms with Crippen LogP contribution in [0.25, 0.3) is 11.3 Å². The van der Waals surface area contributed by atoms with Gasteiger partial charge in [-0.2, -0.15) is 0 Å². The Balaban J connectivity index is 1.47. The Morgan fingerprint density at radius 3 is 2.67 bits per heavy atom. The van der Waals surface area contributed by atoms with Gasteiger partial charge in [-0.25, -0.2) is 9.37 Å². The zero-order valence-corrected chi connectivity index (χ0v) is 18.1. The number of hydrogen-bond acceptors (Lipinski definition) is 6. The van der Waals surface area contributed by atoms with Crippen molar-refractivity contribution in [1.82, 2.24) is 15.3 Å². The first-order valence-electron chi connectivity index (χ1n) is 9.25. The lowest BCUT2D eigenvalue weighted by Crippen LogP contribution is -2.33. The van der Waals surface area contributed by atoms with Gasteiger partial charge in [0, 0.05) is 29.0 Å². The maximum Gasteiger partial charge on any atom is 0.234 e. The SMILES string of the molecule is CC(SCC(=O)Nc1ccc(F)cc1)C(=O)NC(C)c1nc(-c2cccnc2)cs1. The summed E-state index contributed by atoms with van der Waals surface area (Å²) in [5.41, 5.74) is 2.26. The normalized spacial score (nSPS) is 12.8. The van der Waals surface area contributed by atoms with Crippen molar-refractivity contribution in [3.8, 4) is 11.3 Å². The summed E-state index contributed by atoms with van der Waals surface area (Å²) in [6, 6.07) is 9.07. The highest BCUT2D eigenvalue weighted by molar-refractivity contribution is 8.01. The number of carbonyl (C=O) groups excluding carboxylic acids is 2. The summed E-state index contributed by atoms with van der Waals surface area (Å²) in [7, 11) is 0. The number of nitrogens with zero attached hydrogens (tertiary/aromatic N) is 2. The van der Waals surface area contributed by atoms with E-state index in [1.54, 1.807) is 19.3 Å². The Kier molecular flexibility index (Phi) is 7.53. The van der Waals surface area contributed by atoms with Crippen LogP contribution in [0.2, 0.25) is 0 Å². The van der Waals surface area contributed by atoms with Gasteiger partial charge in [-0.1, -0.05) is 0 Å². The van der Waals surface area contributed by atoms with Gasteiger partial charge < -0.3 is 10.6 Å². The van der Waals surface area contributed by atoms with Crippen LogP contribution in [-0.2, 0) is 9.59 Å². The molecule has 9 heteroatoms. The molecule has 0 radical (unpaired) electrons. The number of amides is 2. The minimum atomic E-state index is -0.413. The molecule has 0 spiro atoms. The van der Waals surface area contributed by atoms with Gasteiger partial charge in [0.15, 0.2) is 0 Å². The smallest absolute Gasteiger partial charge is 0.234 e. The predicted octanol–water partition coefficient (Wildman–Crippen LogP) is 4.28. The Labute approximate surface area is 182 Å². The Hall–Kier alpha value is -2.78. The minimum Gasteiger partial charge on any atom is -0.346 e. The molecule has 6 nitrogen and oxygen atoms in total. The van der Waals surface area contributed by atoms with E-state index >= 15 is 0 Å². The third kappa shape index (κ3) is 6.11. The molecule has 2 amide bonds. The molecule has 0 saturated heterocycles. The summed E-state index contributed by atoms with van der Waals surface area (Å²) in [6.45, 7) is 3.63. The van der Waals surface area contributed by atoms with E-state index in [4.69, 9.17) is 0 Å². The Bertz CT molecular complexity index is 996. The number of anilines is 1. The first-order chi connectivity index (χ1) is 14.4. The molecule has 2 N–H and O–H groups in total. The molecule has 0 aliphatic heterocycles. The number of rotatable bonds is 8. The lowest BCUT2D eigenvalue weighted by Gasteiger charge is -2.15. The van der Waals surface area contributed by atoms with Gasteiger partial charge in [0.25, 0.3) is 0 Å². The summed E-state index contributed by atoms with van der Waals surface area (Å²) in [4.78, 5) is 33.2. The summed E-state index contributed by atoms with van der Waals surface area (Å²) < 4.78 is 12.9. The Morgan fingerprint density at radius 1 is 1.20 bits per heavy atom. The van der Waals surface area contributed by atoms with Crippen LogP contribution in [0, 0.1) is 5.82 Å². The number of halogens is 1. The predicted molar refractivity (Wildman–Crippen MR) is 119 cm³/mol. The van der Waals surface area contributed by atoms with Crippen LogP contribution in [0.3, 0.4) is 0 Å². The third-order valence-electron chi connectivity index (χ3n) is 4.17. The second kappa shape index (κ2) is 10.3. The van der Waals surface area contributed by atoms with Crippen LogP contribution >= 0.6 is 23.1 Å². The van der Waals surface area contributed by atoms with Crippen molar-refractivity contribution in [3.05, 3.63) is 65.0 Å². The van der Waals surface area contributed by atoms with Crippen molar-refractivity contribution in [2.45, 2.75) is 25.1 Å². The number of carbonyl (C=O) groups is 2. The molecule has 0 aliphatic rings. The van der Waals surface area contributed by atoms with E-state index in [1.165, 1.54) is 47.4 Å². The van der Waals surface area contributed by atoms with Crippen LogP contribution < -0.4 is 10.6 Å². The topological polar surface area (TPSA) is 84.0 Å². The molecule has 2 atom stereocenters. The lowest BCUT2D eigenvalue weighted by molar-refractivity contribution is -0.120. The van der Waals surface area contributed by atoms with Crippen molar-refractivity contribution < 1.29 is 14.0 Å².